The summed E-state index contributed by atoms with van der Waals surface area (Å²) in [5.41, 5.74) is 7.84. The maximum atomic E-state index is 12.4. The average molecular weight is 399 g/mol. The van der Waals surface area contributed by atoms with Crippen LogP contribution >= 0.6 is 34.8 Å². The lowest BCUT2D eigenvalue weighted by Crippen LogP contribution is -2.33. The molecule has 0 bridgehead atoms. The molecule has 0 radical (unpaired) electrons. The van der Waals surface area contributed by atoms with Crippen molar-refractivity contribution in [3.05, 3.63) is 63.1 Å². The summed E-state index contributed by atoms with van der Waals surface area (Å²) in [5.74, 6) is 0.0312. The molecule has 1 heterocycles. The average Bonchev–Trinajstić information content (AvgIpc) is 2.92. The van der Waals surface area contributed by atoms with Gasteiger partial charge in [0.2, 0.25) is 5.91 Å². The molecular weight excluding hydrogens is 381 g/mol. The summed E-state index contributed by atoms with van der Waals surface area (Å²) in [6, 6.07) is 13.2. The minimum Gasteiger partial charge on any atom is -0.326 e. The molecule has 1 amide bonds. The quantitative estimate of drug-likeness (QED) is 0.818. The second-order valence-corrected chi connectivity index (χ2v) is 7.42. The molecule has 0 aliphatic carbocycles. The number of carbonyl (C=O) groups is 1. The Balaban J connectivity index is 1.63. The topological polar surface area (TPSA) is 58.4 Å². The Kier molecular flexibility index (Phi) is 5.87. The molecule has 4 nitrogen and oxygen atoms in total. The van der Waals surface area contributed by atoms with E-state index in [1.165, 1.54) is 5.56 Å². The van der Waals surface area contributed by atoms with Crippen LogP contribution in [0.5, 0.6) is 0 Å². The molecule has 0 unspecified atom stereocenters. The van der Waals surface area contributed by atoms with Gasteiger partial charge in [-0.1, -0.05) is 65.1 Å². The molecule has 0 spiro atoms. The lowest BCUT2D eigenvalue weighted by atomic mass is 9.95. The summed E-state index contributed by atoms with van der Waals surface area (Å²) < 4.78 is 0. The molecule has 1 saturated heterocycles. The summed E-state index contributed by atoms with van der Waals surface area (Å²) in [7, 11) is 0. The Morgan fingerprint density at radius 1 is 1.12 bits per heavy atom. The number of amides is 1. The zero-order chi connectivity index (χ0) is 18.0. The van der Waals surface area contributed by atoms with Gasteiger partial charge >= 0.3 is 0 Å². The molecule has 2 atom stereocenters. The summed E-state index contributed by atoms with van der Waals surface area (Å²) in [6.07, 6.45) is 0. The molecule has 25 heavy (non-hydrogen) atoms. The van der Waals surface area contributed by atoms with Crippen molar-refractivity contribution in [2.45, 2.75) is 12.0 Å². The van der Waals surface area contributed by atoms with Gasteiger partial charge in [-0.25, -0.2) is 0 Å². The summed E-state index contributed by atoms with van der Waals surface area (Å²) in [4.78, 5) is 14.4. The van der Waals surface area contributed by atoms with E-state index >= 15 is 0 Å². The molecule has 3 N–H and O–H groups in total. The Labute approximate surface area is 161 Å². The van der Waals surface area contributed by atoms with Gasteiger partial charge in [0.1, 0.15) is 0 Å². The molecular formula is C18H18Cl3N3O. The van der Waals surface area contributed by atoms with E-state index in [-0.39, 0.29) is 24.4 Å². The number of benzene rings is 2. The zero-order valence-electron chi connectivity index (χ0n) is 13.4. The highest BCUT2D eigenvalue weighted by molar-refractivity contribution is 6.42. The monoisotopic (exact) mass is 397 g/mol. The van der Waals surface area contributed by atoms with Crippen LogP contribution in [0.3, 0.4) is 0 Å². The van der Waals surface area contributed by atoms with Crippen LogP contribution < -0.4 is 11.1 Å². The number of rotatable bonds is 4. The van der Waals surface area contributed by atoms with E-state index in [9.17, 15) is 4.79 Å². The van der Waals surface area contributed by atoms with Crippen LogP contribution in [-0.4, -0.2) is 36.5 Å². The molecule has 1 aliphatic heterocycles. The fourth-order valence-electron chi connectivity index (χ4n) is 3.14. The van der Waals surface area contributed by atoms with Gasteiger partial charge in [0.15, 0.2) is 0 Å². The van der Waals surface area contributed by atoms with Crippen molar-refractivity contribution < 1.29 is 4.79 Å². The second-order valence-electron chi connectivity index (χ2n) is 6.17. The number of hydrogen-bond acceptors (Lipinski definition) is 3. The van der Waals surface area contributed by atoms with Gasteiger partial charge in [-0.05, 0) is 17.7 Å². The lowest BCUT2D eigenvalue weighted by molar-refractivity contribution is -0.117. The number of nitrogens with zero attached hydrogens (tertiary/aromatic N) is 1. The number of likely N-dealkylation sites (tertiary alicyclic amines) is 1. The standard InChI is InChI=1S/C18H18Cl3N3O/c19-12-6-14(20)18(15(21)7-12)23-17(25)10-24-8-13(16(22)9-24)11-4-2-1-3-5-11/h1-7,13,16H,8-10,22H2,(H,23,25)/t13-,16+/m0/s1. The summed E-state index contributed by atoms with van der Waals surface area (Å²) in [5, 5.41) is 3.80. The molecule has 1 fully saturated rings. The molecule has 132 valence electrons. The number of hydrogen-bond donors (Lipinski definition) is 2. The predicted molar refractivity (Wildman–Crippen MR) is 104 cm³/mol. The first kappa shape index (κ1) is 18.5. The minimum atomic E-state index is -0.188. The van der Waals surface area contributed by atoms with Gasteiger partial charge in [-0.3, -0.25) is 9.69 Å². The Hall–Kier alpha value is -1.30. The highest BCUT2D eigenvalue weighted by atomic mass is 35.5. The zero-order valence-corrected chi connectivity index (χ0v) is 15.7. The largest absolute Gasteiger partial charge is 0.326 e. The van der Waals surface area contributed by atoms with Crippen LogP contribution in [0.15, 0.2) is 42.5 Å². The maximum absolute atomic E-state index is 12.4. The van der Waals surface area contributed by atoms with Gasteiger partial charge in [-0.15, -0.1) is 0 Å². The smallest absolute Gasteiger partial charge is 0.238 e. The van der Waals surface area contributed by atoms with Crippen LogP contribution in [-0.2, 0) is 4.79 Å². The first-order valence-corrected chi connectivity index (χ1v) is 9.04. The summed E-state index contributed by atoms with van der Waals surface area (Å²) >= 11 is 18.1. The van der Waals surface area contributed by atoms with Crippen molar-refractivity contribution in [1.82, 2.24) is 4.90 Å². The van der Waals surface area contributed by atoms with E-state index in [4.69, 9.17) is 40.5 Å². The molecule has 2 aromatic carbocycles. The van der Waals surface area contributed by atoms with Crippen molar-refractivity contribution in [3.63, 3.8) is 0 Å². The second kappa shape index (κ2) is 7.94. The lowest BCUT2D eigenvalue weighted by Gasteiger charge is -2.16. The number of nitrogens with one attached hydrogen (secondary N) is 1. The van der Waals surface area contributed by atoms with Gasteiger partial charge in [0.25, 0.3) is 0 Å². The third kappa shape index (κ3) is 4.46. The number of nitrogens with two attached hydrogens (primary N) is 1. The molecule has 0 aromatic heterocycles. The van der Waals surface area contributed by atoms with Crippen LogP contribution in [0.2, 0.25) is 15.1 Å². The van der Waals surface area contributed by atoms with Crippen LogP contribution in [0.25, 0.3) is 0 Å². The van der Waals surface area contributed by atoms with E-state index in [0.29, 0.717) is 27.3 Å². The van der Waals surface area contributed by atoms with Gasteiger partial charge < -0.3 is 11.1 Å². The first-order valence-electron chi connectivity index (χ1n) is 7.91. The van der Waals surface area contributed by atoms with Crippen LogP contribution in [0.1, 0.15) is 11.5 Å². The maximum Gasteiger partial charge on any atom is 0.238 e. The van der Waals surface area contributed by atoms with E-state index in [2.05, 4.69) is 17.4 Å². The van der Waals surface area contributed by atoms with E-state index < -0.39 is 0 Å². The van der Waals surface area contributed by atoms with Crippen molar-refractivity contribution in [2.75, 3.05) is 25.0 Å². The van der Waals surface area contributed by atoms with Crippen molar-refractivity contribution in [2.24, 2.45) is 5.73 Å². The van der Waals surface area contributed by atoms with E-state index in [0.717, 1.165) is 6.54 Å². The predicted octanol–water partition coefficient (Wildman–Crippen LogP) is 4.01. The van der Waals surface area contributed by atoms with Crippen molar-refractivity contribution in [3.8, 4) is 0 Å². The van der Waals surface area contributed by atoms with E-state index in [1.807, 2.05) is 23.1 Å². The highest BCUT2D eigenvalue weighted by Crippen LogP contribution is 2.33. The highest BCUT2D eigenvalue weighted by Gasteiger charge is 2.32. The minimum absolute atomic E-state index is 0.00194. The number of carbonyl (C=O) groups excluding carboxylic acids is 1. The fraction of sp³-hybridized carbons (Fsp3) is 0.278. The molecule has 1 aliphatic rings. The van der Waals surface area contributed by atoms with Gasteiger partial charge in [0.05, 0.1) is 22.3 Å². The van der Waals surface area contributed by atoms with Gasteiger partial charge in [0, 0.05) is 30.1 Å². The van der Waals surface area contributed by atoms with E-state index in [1.54, 1.807) is 12.1 Å². The van der Waals surface area contributed by atoms with Crippen molar-refractivity contribution >= 4 is 46.4 Å². The van der Waals surface area contributed by atoms with Crippen molar-refractivity contribution in [1.29, 1.82) is 0 Å². The Morgan fingerprint density at radius 3 is 2.40 bits per heavy atom. The van der Waals surface area contributed by atoms with Crippen LogP contribution in [0, 0.1) is 0 Å². The number of anilines is 1. The molecule has 7 heteroatoms. The third-order valence-corrected chi connectivity index (χ3v) is 5.12. The fourth-order valence-corrected chi connectivity index (χ4v) is 4.05. The molecule has 0 saturated carbocycles. The first-order chi connectivity index (χ1) is 11.9. The Bertz CT molecular complexity index is 746. The SMILES string of the molecule is N[C@@H]1CN(CC(=O)Nc2c(Cl)cc(Cl)cc2Cl)C[C@H]1c1ccccc1. The summed E-state index contributed by atoms with van der Waals surface area (Å²) in [6.45, 7) is 1.63. The number of halogens is 3. The Morgan fingerprint density at radius 2 is 1.76 bits per heavy atom. The normalized spacial score (nSPS) is 20.6. The molecule has 3 rings (SSSR count). The van der Waals surface area contributed by atoms with Crippen LogP contribution in [0.4, 0.5) is 5.69 Å². The van der Waals surface area contributed by atoms with Gasteiger partial charge in [-0.2, -0.15) is 0 Å². The molecule has 2 aromatic rings. The third-order valence-electron chi connectivity index (χ3n) is 4.31.